The van der Waals surface area contributed by atoms with Gasteiger partial charge < -0.3 is 9.47 Å². The lowest BCUT2D eigenvalue weighted by atomic mass is 9.91. The number of fused-ring (bicyclic) bond motifs is 3. The van der Waals surface area contributed by atoms with E-state index in [9.17, 15) is 4.39 Å². The van der Waals surface area contributed by atoms with Crippen LogP contribution in [-0.4, -0.2) is 52.8 Å². The van der Waals surface area contributed by atoms with Crippen molar-refractivity contribution in [3.63, 3.8) is 0 Å². The van der Waals surface area contributed by atoms with Gasteiger partial charge in [0, 0.05) is 50.9 Å². The van der Waals surface area contributed by atoms with Crippen LogP contribution in [0, 0.1) is 0 Å². The summed E-state index contributed by atoms with van der Waals surface area (Å²) in [5.74, 6) is 1.22. The highest BCUT2D eigenvalue weighted by Crippen LogP contribution is 2.29. The number of hydrogen-bond donors (Lipinski definition) is 0. The van der Waals surface area contributed by atoms with Crippen molar-refractivity contribution in [3.05, 3.63) is 24.0 Å². The number of nitrogens with zero attached hydrogens (tertiary/aromatic N) is 4. The largest absolute Gasteiger partial charge is 0.369 e. The van der Waals surface area contributed by atoms with Gasteiger partial charge in [-0.3, -0.25) is 4.90 Å². The van der Waals surface area contributed by atoms with Crippen LogP contribution in [0.5, 0.6) is 0 Å². The first kappa shape index (κ1) is 15.6. The molecule has 1 saturated carbocycles. The summed E-state index contributed by atoms with van der Waals surface area (Å²) in [4.78, 5) is 9.78. The number of alkyl halides is 1. The highest BCUT2D eigenvalue weighted by Gasteiger charge is 2.27. The van der Waals surface area contributed by atoms with Crippen molar-refractivity contribution < 1.29 is 4.39 Å². The fraction of sp³-hybridized carbons (Fsp3) is 0.650. The third-order valence-electron chi connectivity index (χ3n) is 6.36. The summed E-state index contributed by atoms with van der Waals surface area (Å²) < 4.78 is 16.1. The Morgan fingerprint density at radius 1 is 1.00 bits per heavy atom. The smallest absolute Gasteiger partial charge is 0.118 e. The Hall–Kier alpha value is -1.62. The van der Waals surface area contributed by atoms with Crippen LogP contribution < -0.4 is 4.90 Å². The van der Waals surface area contributed by atoms with Crippen LogP contribution in [0.15, 0.2) is 18.2 Å². The van der Waals surface area contributed by atoms with Crippen LogP contribution in [0.4, 0.5) is 10.1 Å². The predicted molar refractivity (Wildman–Crippen MR) is 99.0 cm³/mol. The lowest BCUT2D eigenvalue weighted by Gasteiger charge is -2.36. The molecule has 2 fully saturated rings. The second-order valence-corrected chi connectivity index (χ2v) is 7.91. The lowest BCUT2D eigenvalue weighted by molar-refractivity contribution is 0.130. The van der Waals surface area contributed by atoms with Gasteiger partial charge in [0.1, 0.15) is 12.0 Å². The second kappa shape index (κ2) is 6.27. The molecule has 1 saturated heterocycles. The number of benzene rings is 1. The summed E-state index contributed by atoms with van der Waals surface area (Å²) in [6.45, 7) is 4.79. The molecule has 134 valence electrons. The van der Waals surface area contributed by atoms with Crippen molar-refractivity contribution in [2.75, 3.05) is 31.1 Å². The van der Waals surface area contributed by atoms with E-state index in [2.05, 4.69) is 32.6 Å². The first-order valence-electron chi connectivity index (χ1n) is 9.90. The Bertz CT molecular complexity index is 766. The van der Waals surface area contributed by atoms with Crippen LogP contribution in [-0.2, 0) is 13.0 Å². The van der Waals surface area contributed by atoms with Gasteiger partial charge in [0.05, 0.1) is 11.0 Å². The first-order chi connectivity index (χ1) is 12.3. The predicted octanol–water partition coefficient (Wildman–Crippen LogP) is 3.39. The van der Waals surface area contributed by atoms with Crippen molar-refractivity contribution in [1.82, 2.24) is 14.5 Å². The molecule has 3 heterocycles. The Kier molecular flexibility index (Phi) is 3.92. The Morgan fingerprint density at radius 2 is 1.92 bits per heavy atom. The number of hydrogen-bond acceptors (Lipinski definition) is 3. The quantitative estimate of drug-likeness (QED) is 0.836. The minimum absolute atomic E-state index is 0.523. The third-order valence-corrected chi connectivity index (χ3v) is 6.36. The van der Waals surface area contributed by atoms with Gasteiger partial charge in [-0.1, -0.05) is 6.42 Å². The molecule has 0 bridgehead atoms. The highest BCUT2D eigenvalue weighted by atomic mass is 19.1. The van der Waals surface area contributed by atoms with E-state index in [-0.39, 0.29) is 0 Å². The van der Waals surface area contributed by atoms with Gasteiger partial charge in [-0.15, -0.1) is 0 Å². The Balaban J connectivity index is 1.40. The van der Waals surface area contributed by atoms with Crippen molar-refractivity contribution in [1.29, 1.82) is 0 Å². The number of imidazole rings is 1. The minimum atomic E-state index is -0.694. The standard InChI is InChI=1S/C20H27FN4/c21-15-3-2-9-24(14-15)17-6-7-19-18(13-17)22-20-8-10-23(11-12-25(19)20)16-4-1-5-16/h6-7,13,15-16H,1-5,8-12,14H2. The molecule has 5 heteroatoms. The van der Waals surface area contributed by atoms with Gasteiger partial charge in [0.2, 0.25) is 0 Å². The van der Waals surface area contributed by atoms with Crippen LogP contribution >= 0.6 is 0 Å². The van der Waals surface area contributed by atoms with Crippen molar-refractivity contribution in [2.45, 2.75) is 57.3 Å². The first-order valence-corrected chi connectivity index (χ1v) is 9.90. The number of aromatic nitrogens is 2. The van der Waals surface area contributed by atoms with E-state index in [1.54, 1.807) is 0 Å². The van der Waals surface area contributed by atoms with Crippen LogP contribution in [0.3, 0.4) is 0 Å². The lowest BCUT2D eigenvalue weighted by Crippen LogP contribution is -2.41. The normalized spacial score (nSPS) is 25.6. The molecular formula is C20H27FN4. The molecule has 1 aliphatic carbocycles. The minimum Gasteiger partial charge on any atom is -0.369 e. The van der Waals surface area contributed by atoms with E-state index in [0.29, 0.717) is 13.0 Å². The molecule has 5 rings (SSSR count). The molecule has 0 radical (unpaired) electrons. The van der Waals surface area contributed by atoms with Gasteiger partial charge in [-0.2, -0.15) is 0 Å². The molecule has 0 N–H and O–H groups in total. The monoisotopic (exact) mass is 342 g/mol. The summed E-state index contributed by atoms with van der Waals surface area (Å²) in [6.07, 6.45) is 6.13. The van der Waals surface area contributed by atoms with E-state index in [4.69, 9.17) is 4.98 Å². The molecule has 1 aromatic carbocycles. The van der Waals surface area contributed by atoms with Gasteiger partial charge in [0.25, 0.3) is 0 Å². The topological polar surface area (TPSA) is 24.3 Å². The fourth-order valence-electron chi connectivity index (χ4n) is 4.67. The highest BCUT2D eigenvalue weighted by molar-refractivity contribution is 5.80. The maximum absolute atomic E-state index is 13.7. The van der Waals surface area contributed by atoms with Gasteiger partial charge in [-0.25, -0.2) is 9.37 Å². The molecule has 4 nitrogen and oxygen atoms in total. The van der Waals surface area contributed by atoms with E-state index >= 15 is 0 Å². The molecule has 0 amide bonds. The summed E-state index contributed by atoms with van der Waals surface area (Å²) in [5, 5.41) is 0. The average Bonchev–Trinajstić information content (AvgIpc) is 2.80. The summed E-state index contributed by atoms with van der Waals surface area (Å²) in [5.41, 5.74) is 3.44. The molecule has 25 heavy (non-hydrogen) atoms. The van der Waals surface area contributed by atoms with Gasteiger partial charge >= 0.3 is 0 Å². The molecule has 2 aliphatic heterocycles. The average molecular weight is 342 g/mol. The Morgan fingerprint density at radius 3 is 2.72 bits per heavy atom. The number of piperidine rings is 1. The molecule has 1 aromatic heterocycles. The molecule has 2 aromatic rings. The molecule has 1 atom stereocenters. The fourth-order valence-corrected chi connectivity index (χ4v) is 4.67. The van der Waals surface area contributed by atoms with E-state index < -0.39 is 6.17 Å². The van der Waals surface area contributed by atoms with Crippen LogP contribution in [0.2, 0.25) is 0 Å². The van der Waals surface area contributed by atoms with E-state index in [1.807, 2.05) is 0 Å². The van der Waals surface area contributed by atoms with Crippen LogP contribution in [0.1, 0.15) is 37.9 Å². The van der Waals surface area contributed by atoms with Crippen LogP contribution in [0.25, 0.3) is 11.0 Å². The number of rotatable bonds is 2. The molecule has 3 aliphatic rings. The third kappa shape index (κ3) is 2.82. The molecular weight excluding hydrogens is 315 g/mol. The zero-order chi connectivity index (χ0) is 16.8. The zero-order valence-corrected chi connectivity index (χ0v) is 14.8. The van der Waals surface area contributed by atoms with Crippen molar-refractivity contribution >= 4 is 16.7 Å². The Labute approximate surface area is 148 Å². The summed E-state index contributed by atoms with van der Waals surface area (Å²) >= 11 is 0. The van der Waals surface area contributed by atoms with Crippen molar-refractivity contribution in [3.8, 4) is 0 Å². The zero-order valence-electron chi connectivity index (χ0n) is 14.8. The van der Waals surface area contributed by atoms with Gasteiger partial charge in [0.15, 0.2) is 0 Å². The maximum atomic E-state index is 13.7. The van der Waals surface area contributed by atoms with E-state index in [1.165, 1.54) is 30.6 Å². The SMILES string of the molecule is FC1CCCN(c2ccc3c(c2)nc2n3CCN(C3CCC3)CC2)C1. The summed E-state index contributed by atoms with van der Waals surface area (Å²) in [6, 6.07) is 7.33. The summed E-state index contributed by atoms with van der Waals surface area (Å²) in [7, 11) is 0. The second-order valence-electron chi connectivity index (χ2n) is 7.91. The molecule has 0 spiro atoms. The molecule has 1 unspecified atom stereocenters. The van der Waals surface area contributed by atoms with E-state index in [0.717, 1.165) is 56.3 Å². The maximum Gasteiger partial charge on any atom is 0.118 e. The number of anilines is 1. The number of halogens is 1. The van der Waals surface area contributed by atoms with Crippen molar-refractivity contribution in [2.24, 2.45) is 0 Å². The van der Waals surface area contributed by atoms with Gasteiger partial charge in [-0.05, 0) is 43.9 Å².